The van der Waals surface area contributed by atoms with Crippen LogP contribution >= 0.6 is 15.9 Å². The van der Waals surface area contributed by atoms with Crippen LogP contribution in [0.3, 0.4) is 0 Å². The Morgan fingerprint density at radius 1 is 1.31 bits per heavy atom. The summed E-state index contributed by atoms with van der Waals surface area (Å²) in [7, 11) is 0. The Balaban J connectivity index is 2.20. The Labute approximate surface area is 86.1 Å². The van der Waals surface area contributed by atoms with Crippen molar-refractivity contribution >= 4 is 15.9 Å². The summed E-state index contributed by atoms with van der Waals surface area (Å²) < 4.78 is 1.07. The molecular formula is C10H12BrNO. The van der Waals surface area contributed by atoms with Crippen LogP contribution in [-0.4, -0.2) is 17.8 Å². The molecule has 2 rings (SSSR count). The van der Waals surface area contributed by atoms with E-state index in [0.29, 0.717) is 0 Å². The highest BCUT2D eigenvalue weighted by Gasteiger charge is 2.25. The Bertz CT molecular complexity index is 285. The fourth-order valence-corrected chi connectivity index (χ4v) is 1.96. The molecule has 0 saturated carbocycles. The molecule has 13 heavy (non-hydrogen) atoms. The first-order chi connectivity index (χ1) is 6.27. The summed E-state index contributed by atoms with van der Waals surface area (Å²) >= 11 is 3.39. The molecule has 1 saturated heterocycles. The second-order valence-corrected chi connectivity index (χ2v) is 4.26. The quantitative estimate of drug-likeness (QED) is 0.787. The summed E-state index contributed by atoms with van der Waals surface area (Å²) in [5.41, 5.74) is 1.16. The van der Waals surface area contributed by atoms with Crippen molar-refractivity contribution in [1.29, 1.82) is 0 Å². The van der Waals surface area contributed by atoms with Crippen molar-refractivity contribution in [1.82, 2.24) is 5.32 Å². The standard InChI is InChI=1S/C10H12BrNO/c11-8-3-1-7(2-4-8)10-9(13)5-6-12-10/h1-4,9-10,12-13H,5-6H2/t9-,10+/m0/s1. The average Bonchev–Trinajstić information content (AvgIpc) is 2.53. The molecule has 0 unspecified atom stereocenters. The first kappa shape index (κ1) is 9.19. The molecule has 1 aromatic carbocycles. The van der Waals surface area contributed by atoms with Crippen molar-refractivity contribution in [3.63, 3.8) is 0 Å². The summed E-state index contributed by atoms with van der Waals surface area (Å²) in [6, 6.07) is 8.20. The lowest BCUT2D eigenvalue weighted by Crippen LogP contribution is -2.20. The third-order valence-electron chi connectivity index (χ3n) is 2.42. The lowest BCUT2D eigenvalue weighted by atomic mass is 10.0. The zero-order chi connectivity index (χ0) is 9.26. The second-order valence-electron chi connectivity index (χ2n) is 3.34. The number of hydrogen-bond acceptors (Lipinski definition) is 2. The minimum Gasteiger partial charge on any atom is -0.391 e. The van der Waals surface area contributed by atoms with E-state index in [1.807, 2.05) is 24.3 Å². The molecule has 3 heteroatoms. The Morgan fingerprint density at radius 3 is 2.54 bits per heavy atom. The third-order valence-corrected chi connectivity index (χ3v) is 2.95. The molecule has 0 aliphatic carbocycles. The van der Waals surface area contributed by atoms with Crippen molar-refractivity contribution in [3.05, 3.63) is 34.3 Å². The van der Waals surface area contributed by atoms with Gasteiger partial charge in [-0.3, -0.25) is 0 Å². The minimum atomic E-state index is -0.235. The Morgan fingerprint density at radius 2 is 2.00 bits per heavy atom. The number of rotatable bonds is 1. The monoisotopic (exact) mass is 241 g/mol. The molecule has 1 heterocycles. The molecule has 0 amide bonds. The lowest BCUT2D eigenvalue weighted by molar-refractivity contribution is 0.160. The second kappa shape index (κ2) is 3.78. The minimum absolute atomic E-state index is 0.119. The van der Waals surface area contributed by atoms with E-state index in [4.69, 9.17) is 0 Å². The van der Waals surface area contributed by atoms with Gasteiger partial charge in [0, 0.05) is 4.47 Å². The molecule has 0 radical (unpaired) electrons. The Hall–Kier alpha value is -0.380. The van der Waals surface area contributed by atoms with Gasteiger partial charge in [-0.25, -0.2) is 0 Å². The summed E-state index contributed by atoms with van der Waals surface area (Å²) in [6.07, 6.45) is 0.613. The van der Waals surface area contributed by atoms with E-state index >= 15 is 0 Å². The molecule has 1 aliphatic heterocycles. The van der Waals surface area contributed by atoms with Gasteiger partial charge >= 0.3 is 0 Å². The van der Waals surface area contributed by atoms with Gasteiger partial charge in [-0.15, -0.1) is 0 Å². The van der Waals surface area contributed by atoms with Crippen molar-refractivity contribution in [2.24, 2.45) is 0 Å². The van der Waals surface area contributed by atoms with Gasteiger partial charge in [0.1, 0.15) is 0 Å². The van der Waals surface area contributed by atoms with Gasteiger partial charge in [0.15, 0.2) is 0 Å². The molecule has 0 bridgehead atoms. The first-order valence-corrected chi connectivity index (χ1v) is 5.23. The molecule has 2 N–H and O–H groups in total. The van der Waals surface area contributed by atoms with E-state index < -0.39 is 0 Å². The zero-order valence-electron chi connectivity index (χ0n) is 7.20. The summed E-state index contributed by atoms with van der Waals surface area (Å²) in [5, 5.41) is 12.9. The number of hydrogen-bond donors (Lipinski definition) is 2. The van der Waals surface area contributed by atoms with Gasteiger partial charge in [0.25, 0.3) is 0 Å². The highest BCUT2D eigenvalue weighted by Crippen LogP contribution is 2.24. The average molecular weight is 242 g/mol. The van der Waals surface area contributed by atoms with Crippen LogP contribution in [0.25, 0.3) is 0 Å². The van der Waals surface area contributed by atoms with Crippen molar-refractivity contribution in [2.75, 3.05) is 6.54 Å². The van der Waals surface area contributed by atoms with E-state index in [1.54, 1.807) is 0 Å². The smallest absolute Gasteiger partial charge is 0.0747 e. The number of aliphatic hydroxyl groups is 1. The van der Waals surface area contributed by atoms with E-state index in [-0.39, 0.29) is 12.1 Å². The number of aliphatic hydroxyl groups excluding tert-OH is 1. The molecule has 2 nitrogen and oxygen atoms in total. The van der Waals surface area contributed by atoms with Crippen LogP contribution in [0.15, 0.2) is 28.7 Å². The van der Waals surface area contributed by atoms with Crippen LogP contribution in [-0.2, 0) is 0 Å². The zero-order valence-corrected chi connectivity index (χ0v) is 8.79. The maximum absolute atomic E-state index is 9.64. The normalized spacial score (nSPS) is 27.8. The van der Waals surface area contributed by atoms with Crippen LogP contribution in [0, 0.1) is 0 Å². The van der Waals surface area contributed by atoms with Crippen molar-refractivity contribution < 1.29 is 5.11 Å². The predicted octanol–water partition coefficient (Wildman–Crippen LogP) is 1.84. The van der Waals surface area contributed by atoms with E-state index in [0.717, 1.165) is 23.0 Å². The molecule has 1 fully saturated rings. The van der Waals surface area contributed by atoms with Crippen LogP contribution in [0.2, 0.25) is 0 Å². The van der Waals surface area contributed by atoms with E-state index in [9.17, 15) is 5.11 Å². The van der Waals surface area contributed by atoms with Gasteiger partial charge in [0.05, 0.1) is 12.1 Å². The van der Waals surface area contributed by atoms with Gasteiger partial charge in [-0.05, 0) is 30.7 Å². The molecular weight excluding hydrogens is 230 g/mol. The maximum atomic E-state index is 9.64. The molecule has 2 atom stereocenters. The summed E-state index contributed by atoms with van der Waals surface area (Å²) in [5.74, 6) is 0. The Kier molecular flexibility index (Phi) is 2.67. The van der Waals surface area contributed by atoms with Crippen molar-refractivity contribution in [2.45, 2.75) is 18.6 Å². The predicted molar refractivity (Wildman–Crippen MR) is 55.5 cm³/mol. The number of nitrogens with one attached hydrogen (secondary N) is 1. The van der Waals surface area contributed by atoms with Crippen LogP contribution in [0.5, 0.6) is 0 Å². The van der Waals surface area contributed by atoms with Crippen LogP contribution in [0.4, 0.5) is 0 Å². The van der Waals surface area contributed by atoms with Gasteiger partial charge in [-0.1, -0.05) is 28.1 Å². The van der Waals surface area contributed by atoms with Crippen molar-refractivity contribution in [3.8, 4) is 0 Å². The molecule has 1 aromatic rings. The summed E-state index contributed by atoms with van der Waals surface area (Å²) in [4.78, 5) is 0. The SMILES string of the molecule is O[C@H]1CCN[C@@H]1c1ccc(Br)cc1. The molecule has 0 spiro atoms. The number of halogens is 1. The van der Waals surface area contributed by atoms with Crippen LogP contribution in [0.1, 0.15) is 18.0 Å². The van der Waals surface area contributed by atoms with E-state index in [1.165, 1.54) is 0 Å². The van der Waals surface area contributed by atoms with E-state index in [2.05, 4.69) is 21.2 Å². The fraction of sp³-hybridized carbons (Fsp3) is 0.400. The lowest BCUT2D eigenvalue weighted by Gasteiger charge is -2.14. The van der Waals surface area contributed by atoms with Gasteiger partial charge in [-0.2, -0.15) is 0 Å². The highest BCUT2D eigenvalue weighted by atomic mass is 79.9. The van der Waals surface area contributed by atoms with Crippen LogP contribution < -0.4 is 5.32 Å². The molecule has 70 valence electrons. The first-order valence-electron chi connectivity index (χ1n) is 4.44. The largest absolute Gasteiger partial charge is 0.391 e. The topological polar surface area (TPSA) is 32.3 Å². The number of benzene rings is 1. The van der Waals surface area contributed by atoms with Gasteiger partial charge < -0.3 is 10.4 Å². The summed E-state index contributed by atoms with van der Waals surface area (Å²) in [6.45, 7) is 0.905. The molecule has 1 aliphatic rings. The van der Waals surface area contributed by atoms with Gasteiger partial charge in [0.2, 0.25) is 0 Å². The maximum Gasteiger partial charge on any atom is 0.0747 e. The molecule has 0 aromatic heterocycles. The highest BCUT2D eigenvalue weighted by molar-refractivity contribution is 9.10. The fourth-order valence-electron chi connectivity index (χ4n) is 1.70. The third kappa shape index (κ3) is 1.93.